The summed E-state index contributed by atoms with van der Waals surface area (Å²) in [4.78, 5) is 2.50. The number of fused-ring (bicyclic) bond motifs is 1. The van der Waals surface area contributed by atoms with Crippen molar-refractivity contribution in [3.8, 4) is 5.69 Å². The van der Waals surface area contributed by atoms with Crippen LogP contribution in [0.2, 0.25) is 0 Å². The molecule has 4 heteroatoms. The Labute approximate surface area is 132 Å². The Hall–Kier alpha value is -2.23. The molecule has 3 aromatic rings. The van der Waals surface area contributed by atoms with Crippen LogP contribution in [0.15, 0.2) is 42.6 Å². The summed E-state index contributed by atoms with van der Waals surface area (Å²) in [5, 5.41) is 5.82. The molecule has 1 aliphatic rings. The first-order chi connectivity index (χ1) is 10.7. The quantitative estimate of drug-likeness (QED) is 0.674. The van der Waals surface area contributed by atoms with E-state index in [9.17, 15) is 0 Å². The number of aryl methyl sites for hydroxylation is 1. The van der Waals surface area contributed by atoms with Gasteiger partial charge in [0.1, 0.15) is 7.85 Å². The number of hydrogen-bond donors (Lipinski definition) is 0. The van der Waals surface area contributed by atoms with Crippen molar-refractivity contribution in [2.75, 3.05) is 18.0 Å². The Morgan fingerprint density at radius 3 is 2.50 bits per heavy atom. The van der Waals surface area contributed by atoms with Gasteiger partial charge in [0.05, 0.1) is 17.4 Å². The zero-order chi connectivity index (χ0) is 15.1. The zero-order valence-electron chi connectivity index (χ0n) is 13.2. The molecular weight excluding hydrogens is 269 g/mol. The number of rotatable bonds is 2. The third kappa shape index (κ3) is 2.19. The van der Waals surface area contributed by atoms with Crippen molar-refractivity contribution in [1.29, 1.82) is 0 Å². The Balaban J connectivity index is 1.82. The van der Waals surface area contributed by atoms with Crippen molar-refractivity contribution in [3.63, 3.8) is 0 Å². The number of benzene rings is 2. The average Bonchev–Trinajstić information content (AvgIpc) is 3.16. The van der Waals surface area contributed by atoms with Crippen molar-refractivity contribution in [1.82, 2.24) is 9.78 Å². The van der Waals surface area contributed by atoms with E-state index < -0.39 is 0 Å². The SMILES string of the molecule is Bc1ccc(-n2ncc3cc(N4CCCC4)c(C)cc32)cc1. The predicted molar refractivity (Wildman–Crippen MR) is 95.4 cm³/mol. The number of hydrogen-bond acceptors (Lipinski definition) is 2. The number of nitrogens with zero attached hydrogens (tertiary/aromatic N) is 3. The highest BCUT2D eigenvalue weighted by Crippen LogP contribution is 2.30. The molecule has 110 valence electrons. The summed E-state index contributed by atoms with van der Waals surface area (Å²) in [7, 11) is 2.11. The molecule has 0 spiro atoms. The van der Waals surface area contributed by atoms with Crippen molar-refractivity contribution in [3.05, 3.63) is 48.2 Å². The maximum atomic E-state index is 4.60. The van der Waals surface area contributed by atoms with Gasteiger partial charge in [-0.05, 0) is 49.6 Å². The topological polar surface area (TPSA) is 21.1 Å². The van der Waals surface area contributed by atoms with E-state index in [1.165, 1.54) is 53.5 Å². The lowest BCUT2D eigenvalue weighted by molar-refractivity contribution is 0.910. The maximum Gasteiger partial charge on any atom is 0.139 e. The van der Waals surface area contributed by atoms with E-state index in [0.717, 1.165) is 5.69 Å². The van der Waals surface area contributed by atoms with Crippen LogP contribution in [0.3, 0.4) is 0 Å². The van der Waals surface area contributed by atoms with Crippen LogP contribution in [0.4, 0.5) is 5.69 Å². The van der Waals surface area contributed by atoms with Crippen LogP contribution >= 0.6 is 0 Å². The molecule has 0 bridgehead atoms. The lowest BCUT2D eigenvalue weighted by Crippen LogP contribution is -2.18. The molecule has 0 atom stereocenters. The summed E-state index contributed by atoms with van der Waals surface area (Å²) in [6.07, 6.45) is 4.59. The molecule has 0 amide bonds. The van der Waals surface area contributed by atoms with Crippen LogP contribution in [0.5, 0.6) is 0 Å². The van der Waals surface area contributed by atoms with Crippen LogP contribution in [0.25, 0.3) is 16.6 Å². The van der Waals surface area contributed by atoms with Crippen molar-refractivity contribution in [2.45, 2.75) is 19.8 Å². The molecule has 0 radical (unpaired) electrons. The van der Waals surface area contributed by atoms with E-state index in [1.807, 2.05) is 10.9 Å². The summed E-state index contributed by atoms with van der Waals surface area (Å²) in [6, 6.07) is 13.1. The molecule has 2 heterocycles. The van der Waals surface area contributed by atoms with Crippen molar-refractivity contribution >= 4 is 29.9 Å². The van der Waals surface area contributed by atoms with E-state index in [0.29, 0.717) is 0 Å². The lowest BCUT2D eigenvalue weighted by Gasteiger charge is -2.20. The molecule has 0 saturated carbocycles. The molecule has 1 aliphatic heterocycles. The normalized spacial score (nSPS) is 14.9. The summed E-state index contributed by atoms with van der Waals surface area (Å²) < 4.78 is 2.04. The molecule has 0 N–H and O–H groups in total. The van der Waals surface area contributed by atoms with E-state index in [1.54, 1.807) is 0 Å². The minimum atomic E-state index is 1.12. The van der Waals surface area contributed by atoms with Gasteiger partial charge in [-0.2, -0.15) is 5.10 Å². The fourth-order valence-corrected chi connectivity index (χ4v) is 3.36. The molecule has 0 aliphatic carbocycles. The second-order valence-electron chi connectivity index (χ2n) is 6.28. The van der Waals surface area contributed by atoms with E-state index in [-0.39, 0.29) is 0 Å². The number of anilines is 1. The summed E-state index contributed by atoms with van der Waals surface area (Å²) in [5.41, 5.74) is 6.28. The monoisotopic (exact) mass is 289 g/mol. The fraction of sp³-hybridized carbons (Fsp3) is 0.278. The lowest BCUT2D eigenvalue weighted by atomic mass is 9.96. The highest BCUT2D eigenvalue weighted by molar-refractivity contribution is 6.32. The average molecular weight is 289 g/mol. The third-order valence-corrected chi connectivity index (χ3v) is 4.61. The van der Waals surface area contributed by atoms with Gasteiger partial charge in [-0.25, -0.2) is 4.68 Å². The molecular formula is C18H20BN3. The summed E-state index contributed by atoms with van der Waals surface area (Å²) in [5.74, 6) is 0. The van der Waals surface area contributed by atoms with Gasteiger partial charge in [-0.15, -0.1) is 0 Å². The van der Waals surface area contributed by atoms with Crippen LogP contribution in [-0.4, -0.2) is 30.7 Å². The smallest absolute Gasteiger partial charge is 0.139 e. The summed E-state index contributed by atoms with van der Waals surface area (Å²) in [6.45, 7) is 4.57. The molecule has 4 rings (SSSR count). The van der Waals surface area contributed by atoms with Crippen LogP contribution < -0.4 is 10.4 Å². The van der Waals surface area contributed by atoms with Crippen LogP contribution in [0, 0.1) is 6.92 Å². The summed E-state index contributed by atoms with van der Waals surface area (Å²) >= 11 is 0. The van der Waals surface area contributed by atoms with Gasteiger partial charge in [0.2, 0.25) is 0 Å². The Bertz CT molecular complexity index is 814. The molecule has 22 heavy (non-hydrogen) atoms. The van der Waals surface area contributed by atoms with Gasteiger partial charge < -0.3 is 4.90 Å². The van der Waals surface area contributed by atoms with E-state index >= 15 is 0 Å². The highest BCUT2D eigenvalue weighted by atomic mass is 15.3. The van der Waals surface area contributed by atoms with Gasteiger partial charge in [0.25, 0.3) is 0 Å². The van der Waals surface area contributed by atoms with Gasteiger partial charge in [-0.1, -0.05) is 17.6 Å². The third-order valence-electron chi connectivity index (χ3n) is 4.61. The van der Waals surface area contributed by atoms with Crippen molar-refractivity contribution in [2.24, 2.45) is 0 Å². The Morgan fingerprint density at radius 1 is 1.05 bits per heavy atom. The molecule has 1 aromatic heterocycles. The second kappa shape index (κ2) is 5.20. The van der Waals surface area contributed by atoms with Crippen LogP contribution in [0.1, 0.15) is 18.4 Å². The molecule has 3 nitrogen and oxygen atoms in total. The molecule has 1 fully saturated rings. The van der Waals surface area contributed by atoms with Gasteiger partial charge in [0, 0.05) is 24.2 Å². The van der Waals surface area contributed by atoms with Crippen LogP contribution in [-0.2, 0) is 0 Å². The Morgan fingerprint density at radius 2 is 1.77 bits per heavy atom. The number of aromatic nitrogens is 2. The highest BCUT2D eigenvalue weighted by Gasteiger charge is 2.16. The van der Waals surface area contributed by atoms with E-state index in [2.05, 4.69) is 61.2 Å². The van der Waals surface area contributed by atoms with Crippen molar-refractivity contribution < 1.29 is 0 Å². The first-order valence-corrected chi connectivity index (χ1v) is 8.03. The first-order valence-electron chi connectivity index (χ1n) is 8.03. The zero-order valence-corrected chi connectivity index (χ0v) is 13.2. The minimum Gasteiger partial charge on any atom is -0.371 e. The fourth-order valence-electron chi connectivity index (χ4n) is 3.36. The van der Waals surface area contributed by atoms with Gasteiger partial charge in [0.15, 0.2) is 0 Å². The molecule has 1 saturated heterocycles. The second-order valence-corrected chi connectivity index (χ2v) is 6.28. The Kier molecular flexibility index (Phi) is 3.18. The standard InChI is InChI=1S/C18H20BN3/c1-13-10-18-14(11-17(13)21-8-2-3-9-21)12-20-22(18)16-6-4-15(19)5-7-16/h4-7,10-12H,2-3,8-9,19H2,1H3. The molecule has 0 unspecified atom stereocenters. The minimum absolute atomic E-state index is 1.12. The molecule has 2 aromatic carbocycles. The van der Waals surface area contributed by atoms with Gasteiger partial charge >= 0.3 is 0 Å². The predicted octanol–water partition coefficient (Wildman–Crippen LogP) is 2.19. The first kappa shape index (κ1) is 13.4. The van der Waals surface area contributed by atoms with Gasteiger partial charge in [-0.3, -0.25) is 0 Å². The maximum absolute atomic E-state index is 4.60. The van der Waals surface area contributed by atoms with E-state index in [4.69, 9.17) is 0 Å². The largest absolute Gasteiger partial charge is 0.371 e.